The number of hydrogen-bond donors (Lipinski definition) is 3. The van der Waals surface area contributed by atoms with Crippen LogP contribution < -0.4 is 18.9 Å². The fraction of sp³-hybridized carbons (Fsp3) is 0.200. The molecule has 0 unspecified atom stereocenters. The maximum Gasteiger partial charge on any atom is 0.203 e. The molecule has 0 radical (unpaired) electrons. The minimum Gasteiger partial charge on any atom is -0.508 e. The van der Waals surface area contributed by atoms with E-state index in [1.165, 1.54) is 7.11 Å². The number of aromatic hydroxyl groups is 3. The molecule has 2 heterocycles. The van der Waals surface area contributed by atoms with Gasteiger partial charge in [0.25, 0.3) is 0 Å². The van der Waals surface area contributed by atoms with Crippen LogP contribution in [0.2, 0.25) is 0 Å². The Balaban J connectivity index is 0.000000168. The van der Waals surface area contributed by atoms with Crippen LogP contribution in [-0.4, -0.2) is 42.8 Å². The molecule has 4 aromatic rings. The SMILES string of the molecule is COc1c(O)ccc2c1OCC(c1ccc(C)cc1O)=C2.COc1cc(C2=Cc3c(C)cc(O)cc3OC2)ccc1C. The summed E-state index contributed by atoms with van der Waals surface area (Å²) in [5.74, 6) is 2.98. The van der Waals surface area contributed by atoms with Gasteiger partial charge in [0.15, 0.2) is 11.5 Å². The van der Waals surface area contributed by atoms with Crippen molar-refractivity contribution in [3.8, 4) is 40.2 Å². The Hall–Kier alpha value is -5.04. The molecule has 2 aliphatic rings. The van der Waals surface area contributed by atoms with Gasteiger partial charge in [0.2, 0.25) is 5.75 Å². The van der Waals surface area contributed by atoms with Gasteiger partial charge < -0.3 is 34.3 Å². The zero-order valence-corrected chi connectivity index (χ0v) is 24.3. The summed E-state index contributed by atoms with van der Waals surface area (Å²) in [5, 5.41) is 29.5. The second-order valence-electron chi connectivity index (χ2n) is 10.3. The average Bonchev–Trinajstić information content (AvgIpc) is 2.97. The topological polar surface area (TPSA) is 97.6 Å². The second kappa shape index (κ2) is 11.8. The van der Waals surface area contributed by atoms with Crippen molar-refractivity contribution in [1.29, 1.82) is 0 Å². The van der Waals surface area contributed by atoms with Crippen LogP contribution >= 0.6 is 0 Å². The first-order chi connectivity index (χ1) is 20.2. The quantitative estimate of drug-likeness (QED) is 0.238. The first-order valence-corrected chi connectivity index (χ1v) is 13.5. The molecule has 3 N–H and O–H groups in total. The molecule has 0 aromatic heterocycles. The van der Waals surface area contributed by atoms with Crippen LogP contribution in [0.4, 0.5) is 0 Å². The van der Waals surface area contributed by atoms with E-state index < -0.39 is 0 Å². The maximum atomic E-state index is 10.1. The van der Waals surface area contributed by atoms with Gasteiger partial charge in [-0.25, -0.2) is 0 Å². The summed E-state index contributed by atoms with van der Waals surface area (Å²) < 4.78 is 22.1. The largest absolute Gasteiger partial charge is 0.508 e. The van der Waals surface area contributed by atoms with E-state index in [-0.39, 0.29) is 17.2 Å². The van der Waals surface area contributed by atoms with Gasteiger partial charge in [0.05, 0.1) is 14.2 Å². The highest BCUT2D eigenvalue weighted by Crippen LogP contribution is 2.44. The van der Waals surface area contributed by atoms with E-state index in [0.29, 0.717) is 24.7 Å². The summed E-state index contributed by atoms with van der Waals surface area (Å²) >= 11 is 0. The first-order valence-electron chi connectivity index (χ1n) is 13.5. The number of ether oxygens (including phenoxy) is 4. The molecular weight excluding hydrogens is 532 g/mol. The number of fused-ring (bicyclic) bond motifs is 2. The van der Waals surface area contributed by atoms with E-state index >= 15 is 0 Å². The molecule has 7 nitrogen and oxygen atoms in total. The third kappa shape index (κ3) is 5.72. The van der Waals surface area contributed by atoms with Gasteiger partial charge in [-0.05, 0) is 91.1 Å². The van der Waals surface area contributed by atoms with Crippen LogP contribution in [0.1, 0.15) is 38.9 Å². The van der Waals surface area contributed by atoms with Gasteiger partial charge in [0.1, 0.15) is 36.2 Å². The van der Waals surface area contributed by atoms with Crippen LogP contribution in [0.3, 0.4) is 0 Å². The van der Waals surface area contributed by atoms with Crippen LogP contribution in [0, 0.1) is 20.8 Å². The summed E-state index contributed by atoms with van der Waals surface area (Å²) in [6.07, 6.45) is 4.06. The smallest absolute Gasteiger partial charge is 0.203 e. The van der Waals surface area contributed by atoms with Crippen LogP contribution in [-0.2, 0) is 0 Å². The highest BCUT2D eigenvalue weighted by molar-refractivity contribution is 5.89. The highest BCUT2D eigenvalue weighted by atomic mass is 16.5. The lowest BCUT2D eigenvalue weighted by molar-refractivity contribution is 0.313. The van der Waals surface area contributed by atoms with E-state index in [4.69, 9.17) is 18.9 Å². The minimum atomic E-state index is 0.0475. The van der Waals surface area contributed by atoms with Gasteiger partial charge >= 0.3 is 0 Å². The van der Waals surface area contributed by atoms with E-state index in [1.54, 1.807) is 37.4 Å². The van der Waals surface area contributed by atoms with Gasteiger partial charge in [-0.15, -0.1) is 0 Å². The highest BCUT2D eigenvalue weighted by Gasteiger charge is 2.21. The molecule has 216 valence electrons. The number of aryl methyl sites for hydroxylation is 3. The summed E-state index contributed by atoms with van der Waals surface area (Å²) in [6.45, 7) is 6.72. The predicted octanol–water partition coefficient (Wildman–Crippen LogP) is 7.30. The van der Waals surface area contributed by atoms with Gasteiger partial charge in [0, 0.05) is 28.3 Å². The van der Waals surface area contributed by atoms with E-state index in [1.807, 2.05) is 51.1 Å². The maximum absolute atomic E-state index is 10.1. The average molecular weight is 567 g/mol. The van der Waals surface area contributed by atoms with Crippen LogP contribution in [0.5, 0.6) is 40.2 Å². The molecule has 0 atom stereocenters. The lowest BCUT2D eigenvalue weighted by atomic mass is 9.97. The number of methoxy groups -OCH3 is 2. The zero-order valence-electron chi connectivity index (χ0n) is 24.3. The van der Waals surface area contributed by atoms with Crippen molar-refractivity contribution in [2.24, 2.45) is 0 Å². The third-order valence-electron chi connectivity index (χ3n) is 7.34. The molecule has 0 fully saturated rings. The number of hydrogen-bond acceptors (Lipinski definition) is 7. The third-order valence-corrected chi connectivity index (χ3v) is 7.34. The van der Waals surface area contributed by atoms with Crippen molar-refractivity contribution < 1.29 is 34.3 Å². The molecule has 2 aliphatic heterocycles. The van der Waals surface area contributed by atoms with E-state index in [2.05, 4.69) is 12.1 Å². The number of benzene rings is 4. The Kier molecular flexibility index (Phi) is 8.02. The number of phenols is 3. The Labute approximate surface area is 245 Å². The predicted molar refractivity (Wildman–Crippen MR) is 165 cm³/mol. The van der Waals surface area contributed by atoms with Gasteiger partial charge in [-0.3, -0.25) is 0 Å². The van der Waals surface area contributed by atoms with Crippen molar-refractivity contribution in [2.45, 2.75) is 20.8 Å². The Morgan fingerprint density at radius 3 is 2.21 bits per heavy atom. The molecular formula is C35H34O7. The summed E-state index contributed by atoms with van der Waals surface area (Å²) in [5.41, 5.74) is 8.78. The number of phenolic OH excluding ortho intramolecular Hbond substituents is 3. The van der Waals surface area contributed by atoms with E-state index in [9.17, 15) is 15.3 Å². The van der Waals surface area contributed by atoms with Crippen molar-refractivity contribution in [3.63, 3.8) is 0 Å². The summed E-state index contributed by atoms with van der Waals surface area (Å²) in [4.78, 5) is 0. The fourth-order valence-corrected chi connectivity index (χ4v) is 5.09. The molecule has 7 heteroatoms. The van der Waals surface area contributed by atoms with Crippen LogP contribution in [0.25, 0.3) is 23.3 Å². The van der Waals surface area contributed by atoms with Crippen molar-refractivity contribution in [3.05, 3.63) is 99.6 Å². The molecule has 0 bridgehead atoms. The summed E-state index contributed by atoms with van der Waals surface area (Å²) in [7, 11) is 3.17. The zero-order chi connectivity index (χ0) is 30.0. The standard InChI is InChI=1S/C18H18O3.C17H16O4/c1-11-4-5-13(8-17(11)20-3)14-7-16-12(2)6-15(19)9-18(16)21-10-14;1-10-3-5-13(15(19)7-10)12-8-11-4-6-14(18)17(20-2)16(11)21-9-12/h4-9,19H,10H2,1-3H3;3-8,18-19H,9H2,1-2H3. The lowest BCUT2D eigenvalue weighted by Gasteiger charge is -2.21. The summed E-state index contributed by atoms with van der Waals surface area (Å²) in [6, 6.07) is 18.4. The normalized spacial score (nSPS) is 13.2. The second-order valence-corrected chi connectivity index (χ2v) is 10.3. The Morgan fingerprint density at radius 1 is 0.690 bits per heavy atom. The lowest BCUT2D eigenvalue weighted by Crippen LogP contribution is -2.08. The Morgan fingerprint density at radius 2 is 1.48 bits per heavy atom. The van der Waals surface area contributed by atoms with Gasteiger partial charge in [-0.1, -0.05) is 24.3 Å². The number of rotatable bonds is 4. The Bertz CT molecular complexity index is 1720. The molecule has 0 spiro atoms. The molecule has 0 saturated heterocycles. The van der Waals surface area contributed by atoms with Crippen molar-refractivity contribution in [1.82, 2.24) is 0 Å². The molecule has 4 aromatic carbocycles. The molecule has 42 heavy (non-hydrogen) atoms. The van der Waals surface area contributed by atoms with E-state index in [0.717, 1.165) is 61.6 Å². The molecule has 0 amide bonds. The minimum absolute atomic E-state index is 0.0475. The molecule has 6 rings (SSSR count). The van der Waals surface area contributed by atoms with Crippen LogP contribution in [0.15, 0.2) is 60.7 Å². The van der Waals surface area contributed by atoms with Gasteiger partial charge in [-0.2, -0.15) is 0 Å². The first kappa shape index (κ1) is 28.5. The van der Waals surface area contributed by atoms with Crippen molar-refractivity contribution >= 4 is 23.3 Å². The van der Waals surface area contributed by atoms with Crippen molar-refractivity contribution in [2.75, 3.05) is 27.4 Å². The molecule has 0 saturated carbocycles. The fourth-order valence-electron chi connectivity index (χ4n) is 5.09. The monoisotopic (exact) mass is 566 g/mol. The molecule has 0 aliphatic carbocycles.